The van der Waals surface area contributed by atoms with Gasteiger partial charge in [-0.25, -0.2) is 0 Å². The Bertz CT molecular complexity index is 470. The summed E-state index contributed by atoms with van der Waals surface area (Å²) in [6.45, 7) is 0. The van der Waals surface area contributed by atoms with Crippen molar-refractivity contribution in [2.24, 2.45) is 0 Å². The Labute approximate surface area is 133 Å². The van der Waals surface area contributed by atoms with Crippen molar-refractivity contribution in [3.8, 4) is 5.75 Å². The van der Waals surface area contributed by atoms with Crippen molar-refractivity contribution in [2.75, 3.05) is 14.2 Å². The molecule has 1 N–H and O–H groups in total. The Morgan fingerprint density at radius 2 is 1.95 bits per heavy atom. The van der Waals surface area contributed by atoms with E-state index in [-0.39, 0.29) is 0 Å². The third kappa shape index (κ3) is 3.40. The van der Waals surface area contributed by atoms with Gasteiger partial charge < -0.3 is 10.1 Å². The lowest BCUT2D eigenvalue weighted by Gasteiger charge is -2.36. The van der Waals surface area contributed by atoms with Crippen molar-refractivity contribution in [2.45, 2.75) is 61.5 Å². The second-order valence-corrected chi connectivity index (χ2v) is 7.85. The quantitative estimate of drug-likeness (QED) is 0.894. The fourth-order valence-corrected chi connectivity index (χ4v) is 5.62. The molecule has 1 fully saturated rings. The van der Waals surface area contributed by atoms with Gasteiger partial charge in [-0.3, -0.25) is 0 Å². The van der Waals surface area contributed by atoms with Crippen molar-refractivity contribution in [1.29, 1.82) is 0 Å². The van der Waals surface area contributed by atoms with Crippen LogP contribution in [0.15, 0.2) is 18.2 Å². The topological polar surface area (TPSA) is 21.3 Å². The molecule has 0 radical (unpaired) electrons. The Morgan fingerprint density at radius 3 is 2.67 bits per heavy atom. The molecule has 0 bridgehead atoms. The molecule has 0 spiro atoms. The number of fused-ring (bicyclic) bond motifs is 1. The van der Waals surface area contributed by atoms with Crippen molar-refractivity contribution in [1.82, 2.24) is 5.32 Å². The van der Waals surface area contributed by atoms with E-state index in [0.29, 0.717) is 6.04 Å². The lowest BCUT2D eigenvalue weighted by molar-refractivity contribution is 0.412. The number of thioether (sulfide) groups is 1. The number of aryl methyl sites for hydroxylation is 1. The van der Waals surface area contributed by atoms with Crippen LogP contribution in [0.2, 0.25) is 0 Å². The van der Waals surface area contributed by atoms with Crippen LogP contribution in [0.25, 0.3) is 0 Å². The van der Waals surface area contributed by atoms with Gasteiger partial charge in [-0.05, 0) is 56.0 Å². The molecule has 2 aliphatic rings. The first-order valence-corrected chi connectivity index (χ1v) is 9.25. The van der Waals surface area contributed by atoms with E-state index in [1.807, 2.05) is 0 Å². The number of methoxy groups -OCH3 is 1. The molecule has 1 aromatic carbocycles. The summed E-state index contributed by atoms with van der Waals surface area (Å²) < 4.78 is 5.37. The van der Waals surface area contributed by atoms with Crippen molar-refractivity contribution in [3.63, 3.8) is 0 Å². The second-order valence-electron chi connectivity index (χ2n) is 6.30. The third-order valence-corrected chi connectivity index (χ3v) is 6.70. The minimum Gasteiger partial charge on any atom is -0.497 e. The first kappa shape index (κ1) is 15.2. The monoisotopic (exact) mass is 305 g/mol. The molecule has 1 saturated carbocycles. The molecule has 3 heteroatoms. The summed E-state index contributed by atoms with van der Waals surface area (Å²) in [5, 5.41) is 5.19. The summed E-state index contributed by atoms with van der Waals surface area (Å²) in [5.74, 6) is 0.988. The molecular formula is C18H27NOS. The Morgan fingerprint density at radius 1 is 1.14 bits per heavy atom. The smallest absolute Gasteiger partial charge is 0.119 e. The maximum absolute atomic E-state index is 5.37. The summed E-state index contributed by atoms with van der Waals surface area (Å²) >= 11 is 2.25. The normalized spacial score (nSPS) is 26.4. The molecule has 0 heterocycles. The van der Waals surface area contributed by atoms with Gasteiger partial charge in [0.05, 0.1) is 7.11 Å². The van der Waals surface area contributed by atoms with Crippen LogP contribution in [-0.4, -0.2) is 24.7 Å². The van der Waals surface area contributed by atoms with E-state index in [4.69, 9.17) is 4.74 Å². The van der Waals surface area contributed by atoms with Crippen molar-refractivity contribution in [3.05, 3.63) is 29.3 Å². The molecule has 0 amide bonds. The van der Waals surface area contributed by atoms with Crippen LogP contribution in [0.1, 0.15) is 55.7 Å². The van der Waals surface area contributed by atoms with Gasteiger partial charge in [0.2, 0.25) is 0 Å². The molecule has 0 aliphatic heterocycles. The minimum atomic E-state index is 0.492. The van der Waals surface area contributed by atoms with Gasteiger partial charge in [0.1, 0.15) is 5.75 Å². The van der Waals surface area contributed by atoms with Crippen molar-refractivity contribution >= 4 is 11.8 Å². The lowest BCUT2D eigenvalue weighted by Crippen LogP contribution is -2.33. The van der Waals surface area contributed by atoms with Gasteiger partial charge in [-0.2, -0.15) is 11.8 Å². The van der Waals surface area contributed by atoms with E-state index < -0.39 is 0 Å². The standard InChI is InChI=1S/C18H27NOS/c1-19-18-16-10-9-14(20-2)12-13(16)8-11-17(18)21-15-6-4-3-5-7-15/h9-10,12,15,17-19H,3-8,11H2,1-2H3. The Balaban J connectivity index is 1.74. The molecule has 116 valence electrons. The predicted molar refractivity (Wildman–Crippen MR) is 91.4 cm³/mol. The maximum atomic E-state index is 5.37. The zero-order valence-corrected chi connectivity index (χ0v) is 14.0. The van der Waals surface area contributed by atoms with E-state index in [2.05, 4.69) is 42.3 Å². The van der Waals surface area contributed by atoms with Crippen LogP contribution in [0.5, 0.6) is 5.75 Å². The Hall–Kier alpha value is -0.670. The highest BCUT2D eigenvalue weighted by Gasteiger charge is 2.31. The minimum absolute atomic E-state index is 0.492. The zero-order valence-electron chi connectivity index (χ0n) is 13.2. The summed E-state index contributed by atoms with van der Waals surface area (Å²) in [5.41, 5.74) is 2.95. The first-order chi connectivity index (χ1) is 10.3. The zero-order chi connectivity index (χ0) is 14.7. The summed E-state index contributed by atoms with van der Waals surface area (Å²) in [6.07, 6.45) is 9.63. The van der Waals surface area contributed by atoms with Crippen LogP contribution in [0, 0.1) is 0 Å². The van der Waals surface area contributed by atoms with E-state index in [0.717, 1.165) is 16.2 Å². The first-order valence-electron chi connectivity index (χ1n) is 8.31. The highest BCUT2D eigenvalue weighted by atomic mass is 32.2. The van der Waals surface area contributed by atoms with Crippen molar-refractivity contribution < 1.29 is 4.74 Å². The van der Waals surface area contributed by atoms with Gasteiger partial charge in [0.25, 0.3) is 0 Å². The average molecular weight is 305 g/mol. The van der Waals surface area contributed by atoms with Crippen LogP contribution in [-0.2, 0) is 6.42 Å². The van der Waals surface area contributed by atoms with Crippen LogP contribution in [0.3, 0.4) is 0 Å². The number of hydrogen-bond acceptors (Lipinski definition) is 3. The molecule has 0 saturated heterocycles. The molecule has 2 nitrogen and oxygen atoms in total. The second kappa shape index (κ2) is 7.06. The van der Waals surface area contributed by atoms with Gasteiger partial charge in [0.15, 0.2) is 0 Å². The molecular weight excluding hydrogens is 278 g/mol. The number of benzene rings is 1. The fraction of sp³-hybridized carbons (Fsp3) is 0.667. The molecule has 21 heavy (non-hydrogen) atoms. The fourth-order valence-electron chi connectivity index (χ4n) is 3.83. The lowest BCUT2D eigenvalue weighted by atomic mass is 9.87. The number of ether oxygens (including phenoxy) is 1. The predicted octanol–water partition coefficient (Wildman–Crippen LogP) is 4.34. The highest BCUT2D eigenvalue weighted by molar-refractivity contribution is 8.00. The van der Waals surface area contributed by atoms with Crippen LogP contribution < -0.4 is 10.1 Å². The van der Waals surface area contributed by atoms with E-state index in [9.17, 15) is 0 Å². The van der Waals surface area contributed by atoms with Crippen LogP contribution in [0.4, 0.5) is 0 Å². The number of nitrogens with one attached hydrogen (secondary N) is 1. The summed E-state index contributed by atoms with van der Waals surface area (Å²) in [7, 11) is 3.86. The molecule has 2 atom stereocenters. The molecule has 2 unspecified atom stereocenters. The van der Waals surface area contributed by atoms with Crippen LogP contribution >= 0.6 is 11.8 Å². The van der Waals surface area contributed by atoms with Gasteiger partial charge in [-0.15, -0.1) is 0 Å². The average Bonchev–Trinajstić information content (AvgIpc) is 2.55. The summed E-state index contributed by atoms with van der Waals surface area (Å²) in [4.78, 5) is 0. The third-order valence-electron chi connectivity index (χ3n) is 4.99. The molecule has 3 rings (SSSR count). The largest absolute Gasteiger partial charge is 0.497 e. The number of rotatable bonds is 4. The van der Waals surface area contributed by atoms with E-state index in [1.165, 1.54) is 56.1 Å². The summed E-state index contributed by atoms with van der Waals surface area (Å²) in [6, 6.07) is 7.09. The highest BCUT2D eigenvalue weighted by Crippen LogP contribution is 2.42. The van der Waals surface area contributed by atoms with E-state index in [1.54, 1.807) is 7.11 Å². The van der Waals surface area contributed by atoms with Gasteiger partial charge in [0, 0.05) is 16.5 Å². The number of hydrogen-bond donors (Lipinski definition) is 1. The molecule has 1 aromatic rings. The SMILES string of the molecule is CNC1c2ccc(OC)cc2CCC1SC1CCCCC1. The van der Waals surface area contributed by atoms with Gasteiger partial charge in [-0.1, -0.05) is 25.3 Å². The maximum Gasteiger partial charge on any atom is 0.119 e. The molecule has 2 aliphatic carbocycles. The molecule has 0 aromatic heterocycles. The van der Waals surface area contributed by atoms with E-state index >= 15 is 0 Å². The Kier molecular flexibility index (Phi) is 5.12. The van der Waals surface area contributed by atoms with Gasteiger partial charge >= 0.3 is 0 Å².